The molecule has 0 bridgehead atoms. The van der Waals surface area contributed by atoms with E-state index in [1.807, 2.05) is 30.3 Å². The second-order valence-electron chi connectivity index (χ2n) is 3.43. The van der Waals surface area contributed by atoms with Crippen molar-refractivity contribution in [3.05, 3.63) is 29.8 Å². The molecule has 0 saturated heterocycles. The molecule has 1 aromatic rings. The van der Waals surface area contributed by atoms with Crippen molar-refractivity contribution in [3.63, 3.8) is 0 Å². The van der Waals surface area contributed by atoms with Crippen molar-refractivity contribution in [2.24, 2.45) is 0 Å². The lowest BCUT2D eigenvalue weighted by Gasteiger charge is -2.12. The van der Waals surface area contributed by atoms with E-state index in [9.17, 15) is 4.79 Å². The van der Waals surface area contributed by atoms with Crippen LogP contribution in [-0.2, 0) is 11.2 Å². The van der Waals surface area contributed by atoms with E-state index in [0.717, 1.165) is 11.3 Å². The van der Waals surface area contributed by atoms with Crippen LogP contribution >= 0.6 is 0 Å². The summed E-state index contributed by atoms with van der Waals surface area (Å²) in [5.41, 5.74) is 0.913. The van der Waals surface area contributed by atoms with Gasteiger partial charge in [-0.25, -0.2) is 0 Å². The summed E-state index contributed by atoms with van der Waals surface area (Å²) in [5.74, 6) is 0.702. The molecule has 0 aliphatic heterocycles. The Morgan fingerprint density at radius 3 is 2.56 bits per heavy atom. The molecular formula is C12H14N2O2. The molecule has 1 rings (SSSR count). The number of carbonyl (C=O) groups excluding carboxylic acids is 1. The summed E-state index contributed by atoms with van der Waals surface area (Å²) in [6.45, 7) is 0.120. The summed E-state index contributed by atoms with van der Waals surface area (Å²) < 4.78 is 5.02. The molecule has 16 heavy (non-hydrogen) atoms. The summed E-state index contributed by atoms with van der Waals surface area (Å²) in [5, 5.41) is 8.46. The minimum Gasteiger partial charge on any atom is -0.497 e. The zero-order valence-corrected chi connectivity index (χ0v) is 9.43. The predicted molar refractivity (Wildman–Crippen MR) is 59.9 cm³/mol. The zero-order chi connectivity index (χ0) is 12.0. The summed E-state index contributed by atoms with van der Waals surface area (Å²) in [6.07, 6.45) is 0.308. The van der Waals surface area contributed by atoms with Gasteiger partial charge in [-0.05, 0) is 17.7 Å². The van der Waals surface area contributed by atoms with Crippen LogP contribution in [0.15, 0.2) is 24.3 Å². The van der Waals surface area contributed by atoms with Crippen molar-refractivity contribution in [2.75, 3.05) is 20.7 Å². The molecular weight excluding hydrogens is 204 g/mol. The van der Waals surface area contributed by atoms with Crippen LogP contribution in [-0.4, -0.2) is 31.5 Å². The highest BCUT2D eigenvalue weighted by Crippen LogP contribution is 2.12. The standard InChI is InChI=1S/C12H14N2O2/c1-14(8-7-13)12(15)9-10-3-5-11(16-2)6-4-10/h3-6H,8-9H2,1-2H3. The molecule has 4 nitrogen and oxygen atoms in total. The molecule has 0 atom stereocenters. The number of methoxy groups -OCH3 is 1. The minimum absolute atomic E-state index is 0.0632. The van der Waals surface area contributed by atoms with Crippen LogP contribution in [0.3, 0.4) is 0 Å². The number of amides is 1. The van der Waals surface area contributed by atoms with Gasteiger partial charge in [0, 0.05) is 7.05 Å². The first-order valence-electron chi connectivity index (χ1n) is 4.91. The van der Waals surface area contributed by atoms with Crippen LogP contribution < -0.4 is 4.74 Å². The molecule has 0 saturated carbocycles. The van der Waals surface area contributed by atoms with Crippen LogP contribution in [0.1, 0.15) is 5.56 Å². The number of ether oxygens (including phenoxy) is 1. The Balaban J connectivity index is 2.59. The van der Waals surface area contributed by atoms with Crippen molar-refractivity contribution in [2.45, 2.75) is 6.42 Å². The molecule has 0 aromatic heterocycles. The van der Waals surface area contributed by atoms with Crippen molar-refractivity contribution in [1.29, 1.82) is 5.26 Å². The molecule has 0 unspecified atom stereocenters. The molecule has 0 radical (unpaired) electrons. The maximum Gasteiger partial charge on any atom is 0.227 e. The van der Waals surface area contributed by atoms with Crippen molar-refractivity contribution in [1.82, 2.24) is 4.90 Å². The van der Waals surface area contributed by atoms with Gasteiger partial charge in [-0.15, -0.1) is 0 Å². The van der Waals surface area contributed by atoms with E-state index in [0.29, 0.717) is 6.42 Å². The molecule has 0 spiro atoms. The number of hydrogen-bond donors (Lipinski definition) is 0. The van der Waals surface area contributed by atoms with Crippen molar-refractivity contribution >= 4 is 5.91 Å². The van der Waals surface area contributed by atoms with Gasteiger partial charge in [-0.2, -0.15) is 5.26 Å². The SMILES string of the molecule is COc1ccc(CC(=O)N(C)CC#N)cc1. The van der Waals surface area contributed by atoms with E-state index in [1.54, 1.807) is 14.2 Å². The Bertz CT molecular complexity index is 392. The zero-order valence-electron chi connectivity index (χ0n) is 9.43. The van der Waals surface area contributed by atoms with Gasteiger partial charge in [0.25, 0.3) is 0 Å². The smallest absolute Gasteiger partial charge is 0.227 e. The van der Waals surface area contributed by atoms with Crippen LogP contribution in [0.4, 0.5) is 0 Å². The van der Waals surface area contributed by atoms with Gasteiger partial charge in [-0.3, -0.25) is 4.79 Å². The number of nitrogens with zero attached hydrogens (tertiary/aromatic N) is 2. The van der Waals surface area contributed by atoms with Gasteiger partial charge in [-0.1, -0.05) is 12.1 Å². The Labute approximate surface area is 95.0 Å². The molecule has 0 heterocycles. The summed E-state index contributed by atoms with van der Waals surface area (Å²) >= 11 is 0. The van der Waals surface area contributed by atoms with Gasteiger partial charge in [0.2, 0.25) is 5.91 Å². The van der Waals surface area contributed by atoms with Gasteiger partial charge < -0.3 is 9.64 Å². The second-order valence-corrected chi connectivity index (χ2v) is 3.43. The van der Waals surface area contributed by atoms with E-state index >= 15 is 0 Å². The highest BCUT2D eigenvalue weighted by atomic mass is 16.5. The fourth-order valence-electron chi connectivity index (χ4n) is 1.25. The van der Waals surface area contributed by atoms with Gasteiger partial charge in [0.1, 0.15) is 12.3 Å². The maximum absolute atomic E-state index is 11.6. The first kappa shape index (κ1) is 12.1. The monoisotopic (exact) mass is 218 g/mol. The highest BCUT2D eigenvalue weighted by molar-refractivity contribution is 5.78. The fraction of sp³-hybridized carbons (Fsp3) is 0.333. The minimum atomic E-state index is -0.0632. The fourth-order valence-corrected chi connectivity index (χ4v) is 1.25. The number of hydrogen-bond acceptors (Lipinski definition) is 3. The Hall–Kier alpha value is -2.02. The van der Waals surface area contributed by atoms with Crippen molar-refractivity contribution < 1.29 is 9.53 Å². The van der Waals surface area contributed by atoms with E-state index in [-0.39, 0.29) is 12.5 Å². The second kappa shape index (κ2) is 5.76. The predicted octanol–water partition coefficient (Wildman–Crippen LogP) is 1.22. The lowest BCUT2D eigenvalue weighted by Crippen LogP contribution is -2.28. The summed E-state index contributed by atoms with van der Waals surface area (Å²) in [7, 11) is 3.22. The number of benzene rings is 1. The number of nitriles is 1. The molecule has 0 fully saturated rings. The van der Waals surface area contributed by atoms with Crippen LogP contribution in [0.25, 0.3) is 0 Å². The molecule has 0 aliphatic rings. The van der Waals surface area contributed by atoms with Crippen LogP contribution in [0, 0.1) is 11.3 Å². The Morgan fingerprint density at radius 2 is 2.06 bits per heavy atom. The van der Waals surface area contributed by atoms with Gasteiger partial charge in [0.05, 0.1) is 19.6 Å². The topological polar surface area (TPSA) is 53.3 Å². The normalized spacial score (nSPS) is 9.31. The van der Waals surface area contributed by atoms with Gasteiger partial charge in [0.15, 0.2) is 0 Å². The van der Waals surface area contributed by atoms with E-state index in [1.165, 1.54) is 4.90 Å². The molecule has 4 heteroatoms. The Morgan fingerprint density at radius 1 is 1.44 bits per heavy atom. The first-order chi connectivity index (χ1) is 7.67. The van der Waals surface area contributed by atoms with Crippen LogP contribution in [0.2, 0.25) is 0 Å². The largest absolute Gasteiger partial charge is 0.497 e. The number of carbonyl (C=O) groups is 1. The van der Waals surface area contributed by atoms with Gasteiger partial charge >= 0.3 is 0 Å². The molecule has 0 aliphatic carbocycles. The molecule has 84 valence electrons. The number of likely N-dealkylation sites (N-methyl/N-ethyl adjacent to an activating group) is 1. The Kier molecular flexibility index (Phi) is 4.34. The van der Waals surface area contributed by atoms with Crippen molar-refractivity contribution in [3.8, 4) is 11.8 Å². The van der Waals surface area contributed by atoms with Crippen LogP contribution in [0.5, 0.6) is 5.75 Å². The third kappa shape index (κ3) is 3.28. The van der Waals surface area contributed by atoms with E-state index in [2.05, 4.69) is 0 Å². The average Bonchev–Trinajstić information content (AvgIpc) is 2.30. The first-order valence-corrected chi connectivity index (χ1v) is 4.91. The lowest BCUT2D eigenvalue weighted by molar-refractivity contribution is -0.128. The third-order valence-electron chi connectivity index (χ3n) is 2.25. The summed E-state index contributed by atoms with van der Waals surface area (Å²) in [6, 6.07) is 9.25. The lowest BCUT2D eigenvalue weighted by atomic mass is 10.1. The quantitative estimate of drug-likeness (QED) is 0.714. The molecule has 1 aromatic carbocycles. The average molecular weight is 218 g/mol. The molecule has 0 N–H and O–H groups in total. The van der Waals surface area contributed by atoms with E-state index in [4.69, 9.17) is 10.00 Å². The maximum atomic E-state index is 11.6. The number of rotatable bonds is 4. The molecule has 1 amide bonds. The van der Waals surface area contributed by atoms with E-state index < -0.39 is 0 Å². The summed E-state index contributed by atoms with van der Waals surface area (Å²) in [4.78, 5) is 13.0. The third-order valence-corrected chi connectivity index (χ3v) is 2.25. The highest BCUT2D eigenvalue weighted by Gasteiger charge is 2.08.